The average Bonchev–Trinajstić information content (AvgIpc) is 2.84. The molecule has 0 saturated carbocycles. The number of carbonyl (C=O) groups excluding carboxylic acids is 1. The van der Waals surface area contributed by atoms with Gasteiger partial charge in [-0.3, -0.25) is 19.1 Å². The van der Waals surface area contributed by atoms with E-state index >= 15 is 0 Å². The summed E-state index contributed by atoms with van der Waals surface area (Å²) in [4.78, 5) is 41.7. The second-order valence-electron chi connectivity index (χ2n) is 7.69. The van der Waals surface area contributed by atoms with Crippen molar-refractivity contribution >= 4 is 23.1 Å². The van der Waals surface area contributed by atoms with Crippen LogP contribution in [0.25, 0.3) is 0 Å². The van der Waals surface area contributed by atoms with E-state index in [0.29, 0.717) is 42.6 Å². The highest BCUT2D eigenvalue weighted by Gasteiger charge is 2.20. The van der Waals surface area contributed by atoms with E-state index in [9.17, 15) is 14.4 Å². The van der Waals surface area contributed by atoms with Crippen molar-refractivity contribution < 1.29 is 23.7 Å². The molecule has 0 aliphatic rings. The summed E-state index contributed by atoms with van der Waals surface area (Å²) in [6, 6.07) is 3.24. The lowest BCUT2D eigenvalue weighted by molar-refractivity contribution is -0.116. The number of nitrogens with two attached hydrogens (primary N) is 1. The van der Waals surface area contributed by atoms with Crippen molar-refractivity contribution in [2.45, 2.75) is 32.7 Å². The van der Waals surface area contributed by atoms with Gasteiger partial charge in [0.15, 0.2) is 11.5 Å². The van der Waals surface area contributed by atoms with E-state index in [2.05, 4.69) is 10.3 Å². The first-order chi connectivity index (χ1) is 16.8. The first-order valence-electron chi connectivity index (χ1n) is 11.3. The number of nitrogens with zero attached hydrogens (tertiary/aromatic N) is 2. The van der Waals surface area contributed by atoms with Crippen molar-refractivity contribution in [3.8, 4) is 17.2 Å². The monoisotopic (exact) mass is 493 g/mol. The molecule has 1 heterocycles. The number of aromatic amines is 1. The Morgan fingerprint density at radius 1 is 1.09 bits per heavy atom. The minimum Gasteiger partial charge on any atom is -0.493 e. The highest BCUT2D eigenvalue weighted by molar-refractivity contribution is 5.92. The average molecular weight is 494 g/mol. The number of carbonyl (C=O) groups is 1. The van der Waals surface area contributed by atoms with E-state index in [1.54, 1.807) is 17.0 Å². The van der Waals surface area contributed by atoms with Gasteiger partial charge in [-0.2, -0.15) is 0 Å². The molecule has 1 amide bonds. The topological polar surface area (TPSA) is 150 Å². The number of hydrogen-bond acceptors (Lipinski definition) is 9. The van der Waals surface area contributed by atoms with Crippen LogP contribution in [0.3, 0.4) is 0 Å². The Morgan fingerprint density at radius 3 is 2.29 bits per heavy atom. The number of methoxy groups -OCH3 is 4. The lowest BCUT2D eigenvalue weighted by atomic mass is 10.2. The number of aromatic nitrogens is 2. The predicted octanol–water partition coefficient (Wildman–Crippen LogP) is 1.43. The highest BCUT2D eigenvalue weighted by atomic mass is 16.5. The third-order valence-electron chi connectivity index (χ3n) is 5.39. The van der Waals surface area contributed by atoms with Crippen molar-refractivity contribution in [2.75, 3.05) is 64.1 Å². The van der Waals surface area contributed by atoms with Gasteiger partial charge < -0.3 is 34.9 Å². The molecule has 0 aliphatic heterocycles. The summed E-state index contributed by atoms with van der Waals surface area (Å²) in [5, 5.41) is 2.80. The first-order valence-corrected chi connectivity index (χ1v) is 11.3. The molecule has 2 aromatic rings. The smallest absolute Gasteiger partial charge is 0.330 e. The number of anilines is 3. The Balaban J connectivity index is 2.26. The molecule has 35 heavy (non-hydrogen) atoms. The molecule has 2 rings (SSSR count). The SMILES string of the molecule is CCCCn1c(N)c(N(CCOC)CCC(=O)Nc2cc(OC)c(OC)c(OC)c2)c(=O)[nH]c1=O. The Bertz CT molecular complexity index is 1090. The van der Waals surface area contributed by atoms with Crippen molar-refractivity contribution in [3.63, 3.8) is 0 Å². The maximum atomic E-state index is 12.8. The lowest BCUT2D eigenvalue weighted by Gasteiger charge is -2.26. The largest absolute Gasteiger partial charge is 0.493 e. The number of benzene rings is 1. The van der Waals surface area contributed by atoms with Crippen LogP contribution in [0.5, 0.6) is 17.2 Å². The summed E-state index contributed by atoms with van der Waals surface area (Å²) in [5.41, 5.74) is 5.67. The van der Waals surface area contributed by atoms with Crippen molar-refractivity contribution in [1.82, 2.24) is 9.55 Å². The van der Waals surface area contributed by atoms with Crippen LogP contribution in [0, 0.1) is 0 Å². The van der Waals surface area contributed by atoms with Gasteiger partial charge in [0.05, 0.1) is 27.9 Å². The van der Waals surface area contributed by atoms with Gasteiger partial charge >= 0.3 is 5.69 Å². The zero-order valence-corrected chi connectivity index (χ0v) is 20.9. The third kappa shape index (κ3) is 6.92. The summed E-state index contributed by atoms with van der Waals surface area (Å²) in [6.45, 7) is 3.13. The van der Waals surface area contributed by atoms with Gasteiger partial charge in [0.25, 0.3) is 5.56 Å². The number of unbranched alkanes of at least 4 members (excludes halogenated alkanes) is 1. The number of hydrogen-bond donors (Lipinski definition) is 3. The van der Waals surface area contributed by atoms with Gasteiger partial charge in [-0.25, -0.2) is 4.79 Å². The van der Waals surface area contributed by atoms with Crippen LogP contribution in [0.1, 0.15) is 26.2 Å². The second-order valence-corrected chi connectivity index (χ2v) is 7.69. The molecule has 12 heteroatoms. The standard InChI is InChI=1S/C23H35N5O7/c1-6-7-9-28-21(24)19(22(30)26-23(28)31)27(11-12-32-2)10-8-18(29)25-15-13-16(33-3)20(35-5)17(14-15)34-4/h13-14H,6-12,24H2,1-5H3,(H,25,29)(H,26,30,31). The molecule has 12 nitrogen and oxygen atoms in total. The van der Waals surface area contributed by atoms with E-state index in [0.717, 1.165) is 12.8 Å². The summed E-state index contributed by atoms with van der Waals surface area (Å²) < 4.78 is 22.4. The summed E-state index contributed by atoms with van der Waals surface area (Å²) in [7, 11) is 5.99. The van der Waals surface area contributed by atoms with Crippen LogP contribution in [-0.4, -0.2) is 63.6 Å². The fourth-order valence-corrected chi connectivity index (χ4v) is 3.57. The van der Waals surface area contributed by atoms with Crippen LogP contribution >= 0.6 is 0 Å². The molecule has 0 saturated heterocycles. The van der Waals surface area contributed by atoms with Gasteiger partial charge in [-0.05, 0) is 6.42 Å². The van der Waals surface area contributed by atoms with Gasteiger partial charge in [0.2, 0.25) is 11.7 Å². The molecule has 1 aromatic carbocycles. The summed E-state index contributed by atoms with van der Waals surface area (Å²) in [6.07, 6.45) is 1.62. The molecule has 0 radical (unpaired) electrons. The van der Waals surface area contributed by atoms with Crippen LogP contribution in [0.2, 0.25) is 0 Å². The van der Waals surface area contributed by atoms with E-state index < -0.39 is 11.2 Å². The molecule has 0 fully saturated rings. The first kappa shape index (κ1) is 27.6. The lowest BCUT2D eigenvalue weighted by Crippen LogP contribution is -2.40. The number of rotatable bonds is 14. The molecular formula is C23H35N5O7. The van der Waals surface area contributed by atoms with Crippen molar-refractivity contribution in [2.24, 2.45) is 0 Å². The normalized spacial score (nSPS) is 10.7. The van der Waals surface area contributed by atoms with Gasteiger partial charge in [0, 0.05) is 51.0 Å². The molecule has 0 bridgehead atoms. The highest BCUT2D eigenvalue weighted by Crippen LogP contribution is 2.39. The molecular weight excluding hydrogens is 458 g/mol. The molecule has 4 N–H and O–H groups in total. The Hall–Kier alpha value is -3.67. The zero-order valence-electron chi connectivity index (χ0n) is 20.9. The van der Waals surface area contributed by atoms with Gasteiger partial charge in [-0.1, -0.05) is 13.3 Å². The second kappa shape index (κ2) is 13.3. The van der Waals surface area contributed by atoms with Crippen LogP contribution in [-0.2, 0) is 16.1 Å². The quantitative estimate of drug-likeness (QED) is 0.355. The third-order valence-corrected chi connectivity index (χ3v) is 5.39. The van der Waals surface area contributed by atoms with Crippen molar-refractivity contribution in [1.29, 1.82) is 0 Å². The maximum absolute atomic E-state index is 12.8. The molecule has 0 unspecified atom stereocenters. The summed E-state index contributed by atoms with van der Waals surface area (Å²) in [5.74, 6) is 0.964. The van der Waals surface area contributed by atoms with E-state index in [1.807, 2.05) is 6.92 Å². The number of ether oxygens (including phenoxy) is 4. The molecule has 0 spiro atoms. The van der Waals surface area contributed by atoms with Crippen LogP contribution in [0.4, 0.5) is 17.2 Å². The minimum atomic E-state index is -0.610. The number of H-pyrrole nitrogens is 1. The van der Waals surface area contributed by atoms with Gasteiger partial charge in [-0.15, -0.1) is 0 Å². The minimum absolute atomic E-state index is 0.0351. The predicted molar refractivity (Wildman–Crippen MR) is 134 cm³/mol. The molecule has 0 atom stereocenters. The van der Waals surface area contributed by atoms with E-state index in [-0.39, 0.29) is 30.4 Å². The number of nitrogens with one attached hydrogen (secondary N) is 2. The Morgan fingerprint density at radius 2 is 1.74 bits per heavy atom. The molecule has 194 valence electrons. The van der Waals surface area contributed by atoms with E-state index in [4.69, 9.17) is 24.7 Å². The zero-order chi connectivity index (χ0) is 26.0. The summed E-state index contributed by atoms with van der Waals surface area (Å²) >= 11 is 0. The Labute approximate surface area is 203 Å². The van der Waals surface area contributed by atoms with E-state index in [1.165, 1.54) is 33.0 Å². The fourth-order valence-electron chi connectivity index (χ4n) is 3.57. The fraction of sp³-hybridized carbons (Fsp3) is 0.522. The number of amides is 1. The van der Waals surface area contributed by atoms with Crippen LogP contribution in [0.15, 0.2) is 21.7 Å². The maximum Gasteiger partial charge on any atom is 0.330 e. The van der Waals surface area contributed by atoms with Crippen molar-refractivity contribution in [3.05, 3.63) is 33.0 Å². The van der Waals surface area contributed by atoms with Crippen LogP contribution < -0.4 is 41.4 Å². The van der Waals surface area contributed by atoms with Gasteiger partial charge in [0.1, 0.15) is 11.5 Å². The Kier molecular flexibility index (Phi) is 10.5. The molecule has 1 aromatic heterocycles. The molecule has 0 aliphatic carbocycles. The number of nitrogen functional groups attached to an aromatic ring is 1.